The Morgan fingerprint density at radius 2 is 1.89 bits per heavy atom. The smallest absolute Gasteiger partial charge is 0.409 e. The van der Waals surface area contributed by atoms with E-state index in [0.717, 1.165) is 34.6 Å². The molecule has 0 aliphatic carbocycles. The minimum Gasteiger partial charge on any atom is -0.454 e. The normalized spacial score (nSPS) is 21.5. The lowest BCUT2D eigenvalue weighted by molar-refractivity contribution is -0.141. The highest BCUT2D eigenvalue weighted by atomic mass is 32.2. The Morgan fingerprint density at radius 3 is 2.54 bits per heavy atom. The van der Waals surface area contributed by atoms with Crippen molar-refractivity contribution >= 4 is 22.0 Å². The number of ether oxygens (including phenoxy) is 3. The third-order valence-electron chi connectivity index (χ3n) is 6.33. The molecule has 0 saturated carbocycles. The van der Waals surface area contributed by atoms with Crippen molar-refractivity contribution in [3.8, 4) is 11.5 Å². The van der Waals surface area contributed by atoms with Crippen molar-refractivity contribution in [2.75, 3.05) is 33.4 Å². The van der Waals surface area contributed by atoms with Crippen LogP contribution in [0.3, 0.4) is 0 Å². The SMILES string of the molecule is COCCOC(=O)N1CC2CCC(C(=O)NO)(C1)N2S(=O)(=O)c1ccc(Oc2ccc(F)cc2)c(F)c1. The average Bonchev–Trinajstić information content (AvgIpc) is 3.14. The highest BCUT2D eigenvalue weighted by molar-refractivity contribution is 7.89. The van der Waals surface area contributed by atoms with Crippen LogP contribution in [0, 0.1) is 11.6 Å². The number of fused-ring (bicyclic) bond motifs is 2. The molecule has 0 spiro atoms. The fraction of sp³-hybridized carbons (Fsp3) is 0.391. The second-order valence-electron chi connectivity index (χ2n) is 8.60. The first-order chi connectivity index (χ1) is 17.6. The van der Waals surface area contributed by atoms with Crippen molar-refractivity contribution in [1.82, 2.24) is 14.7 Å². The number of amides is 2. The molecule has 37 heavy (non-hydrogen) atoms. The lowest BCUT2D eigenvalue weighted by atomic mass is 9.96. The Balaban J connectivity index is 1.62. The summed E-state index contributed by atoms with van der Waals surface area (Å²) >= 11 is 0. The number of benzene rings is 2. The van der Waals surface area contributed by atoms with Crippen LogP contribution in [0.2, 0.25) is 0 Å². The maximum Gasteiger partial charge on any atom is 0.409 e. The second-order valence-corrected chi connectivity index (χ2v) is 10.4. The lowest BCUT2D eigenvalue weighted by Gasteiger charge is -2.45. The average molecular weight is 542 g/mol. The number of carbonyl (C=O) groups is 2. The van der Waals surface area contributed by atoms with Crippen molar-refractivity contribution < 1.29 is 46.2 Å². The minimum absolute atomic E-state index is 0.0133. The van der Waals surface area contributed by atoms with Crippen LogP contribution in [0.1, 0.15) is 12.8 Å². The van der Waals surface area contributed by atoms with Gasteiger partial charge < -0.3 is 19.1 Å². The monoisotopic (exact) mass is 541 g/mol. The number of methoxy groups -OCH3 is 1. The quantitative estimate of drug-likeness (QED) is 0.295. The van der Waals surface area contributed by atoms with Gasteiger partial charge in [0, 0.05) is 19.7 Å². The highest BCUT2D eigenvalue weighted by Crippen LogP contribution is 2.44. The summed E-state index contributed by atoms with van der Waals surface area (Å²) in [6.07, 6.45) is -0.535. The molecule has 11 nitrogen and oxygen atoms in total. The number of hydrogen-bond acceptors (Lipinski definition) is 8. The van der Waals surface area contributed by atoms with Gasteiger partial charge >= 0.3 is 6.09 Å². The number of hydroxylamine groups is 1. The zero-order valence-corrected chi connectivity index (χ0v) is 20.5. The van der Waals surface area contributed by atoms with Gasteiger partial charge in [0.1, 0.15) is 23.7 Å². The third kappa shape index (κ3) is 5.09. The van der Waals surface area contributed by atoms with E-state index in [-0.39, 0.29) is 50.6 Å². The summed E-state index contributed by atoms with van der Waals surface area (Å²) in [4.78, 5) is 26.1. The molecular weight excluding hydrogens is 516 g/mol. The van der Waals surface area contributed by atoms with Gasteiger partial charge in [0.2, 0.25) is 10.0 Å². The topological polar surface area (TPSA) is 135 Å². The third-order valence-corrected chi connectivity index (χ3v) is 8.34. The van der Waals surface area contributed by atoms with Crippen LogP contribution in [0.4, 0.5) is 13.6 Å². The molecule has 2 bridgehead atoms. The van der Waals surface area contributed by atoms with E-state index in [1.165, 1.54) is 29.6 Å². The van der Waals surface area contributed by atoms with E-state index in [1.54, 1.807) is 0 Å². The maximum atomic E-state index is 14.9. The fourth-order valence-corrected chi connectivity index (χ4v) is 6.63. The van der Waals surface area contributed by atoms with Gasteiger partial charge in [-0.3, -0.25) is 10.0 Å². The predicted octanol–water partition coefficient (Wildman–Crippen LogP) is 2.25. The van der Waals surface area contributed by atoms with Crippen molar-refractivity contribution in [2.24, 2.45) is 0 Å². The number of likely N-dealkylation sites (tertiary alicyclic amines) is 1. The number of sulfonamides is 1. The van der Waals surface area contributed by atoms with Crippen LogP contribution in [-0.4, -0.2) is 79.8 Å². The fourth-order valence-electron chi connectivity index (χ4n) is 4.66. The van der Waals surface area contributed by atoms with Gasteiger partial charge in [-0.2, -0.15) is 4.31 Å². The molecule has 0 aromatic heterocycles. The Labute approximate surface area is 211 Å². The molecule has 2 aromatic carbocycles. The van der Waals surface area contributed by atoms with Crippen LogP contribution < -0.4 is 10.2 Å². The summed E-state index contributed by atoms with van der Waals surface area (Å²) in [5.74, 6) is -2.68. The molecular formula is C23H25F2N3O8S. The van der Waals surface area contributed by atoms with E-state index in [0.29, 0.717) is 0 Å². The van der Waals surface area contributed by atoms with E-state index < -0.39 is 50.1 Å². The molecule has 2 aliphatic heterocycles. The van der Waals surface area contributed by atoms with Gasteiger partial charge in [-0.25, -0.2) is 27.5 Å². The summed E-state index contributed by atoms with van der Waals surface area (Å²) < 4.78 is 71.6. The Hall–Kier alpha value is -3.33. The number of halogens is 2. The molecule has 4 rings (SSSR count). The molecule has 2 saturated heterocycles. The molecule has 2 aromatic rings. The second kappa shape index (κ2) is 10.6. The number of piperazine rings is 1. The highest BCUT2D eigenvalue weighted by Gasteiger charge is 2.61. The molecule has 2 amide bonds. The first-order valence-electron chi connectivity index (χ1n) is 11.2. The van der Waals surface area contributed by atoms with Crippen molar-refractivity contribution in [3.63, 3.8) is 0 Å². The number of hydrogen-bond donors (Lipinski definition) is 2. The van der Waals surface area contributed by atoms with E-state index in [4.69, 9.17) is 14.2 Å². The van der Waals surface area contributed by atoms with Crippen LogP contribution in [0.15, 0.2) is 47.4 Å². The summed E-state index contributed by atoms with van der Waals surface area (Å²) in [5, 5.41) is 9.42. The van der Waals surface area contributed by atoms with E-state index in [9.17, 15) is 32.0 Å². The molecule has 14 heteroatoms. The zero-order valence-electron chi connectivity index (χ0n) is 19.7. The zero-order chi connectivity index (χ0) is 26.8. The lowest BCUT2D eigenvalue weighted by Crippen LogP contribution is -2.69. The van der Waals surface area contributed by atoms with Crippen molar-refractivity contribution in [1.29, 1.82) is 0 Å². The molecule has 2 atom stereocenters. The first kappa shape index (κ1) is 26.7. The summed E-state index contributed by atoms with van der Waals surface area (Å²) in [5.41, 5.74) is -0.331. The molecule has 2 heterocycles. The Bertz CT molecular complexity index is 1280. The van der Waals surface area contributed by atoms with Gasteiger partial charge in [0.15, 0.2) is 11.6 Å². The van der Waals surface area contributed by atoms with Gasteiger partial charge in [-0.15, -0.1) is 0 Å². The van der Waals surface area contributed by atoms with E-state index in [1.807, 2.05) is 0 Å². The minimum atomic E-state index is -4.48. The van der Waals surface area contributed by atoms with Gasteiger partial charge in [0.05, 0.1) is 18.0 Å². The van der Waals surface area contributed by atoms with Crippen LogP contribution in [-0.2, 0) is 24.3 Å². The van der Waals surface area contributed by atoms with Gasteiger partial charge in [-0.05, 0) is 55.3 Å². The first-order valence-corrected chi connectivity index (χ1v) is 12.7. The van der Waals surface area contributed by atoms with Crippen molar-refractivity contribution in [3.05, 3.63) is 54.1 Å². The Morgan fingerprint density at radius 1 is 1.16 bits per heavy atom. The van der Waals surface area contributed by atoms with Crippen LogP contribution in [0.5, 0.6) is 11.5 Å². The number of carbonyl (C=O) groups excluding carboxylic acids is 2. The standard InChI is InChI=1S/C23H25F2N3O8S/c1-34-10-11-35-22(30)27-13-16-8-9-23(14-27,21(29)26-31)28(16)37(32,33)18-6-7-20(19(25)12-18)36-17-4-2-15(24)3-5-17/h2-7,12,16,31H,8-11,13-14H2,1H3,(H,26,29). The summed E-state index contributed by atoms with van der Waals surface area (Å²) in [7, 11) is -3.05. The molecule has 2 N–H and O–H groups in total. The number of rotatable bonds is 8. The predicted molar refractivity (Wildman–Crippen MR) is 122 cm³/mol. The van der Waals surface area contributed by atoms with Crippen LogP contribution in [0.25, 0.3) is 0 Å². The molecule has 2 aliphatic rings. The largest absolute Gasteiger partial charge is 0.454 e. The summed E-state index contributed by atoms with van der Waals surface area (Å²) in [6, 6.07) is 6.97. The van der Waals surface area contributed by atoms with Crippen molar-refractivity contribution in [2.45, 2.75) is 29.3 Å². The van der Waals surface area contributed by atoms with E-state index in [2.05, 4.69) is 0 Å². The molecule has 200 valence electrons. The van der Waals surface area contributed by atoms with Crippen LogP contribution >= 0.6 is 0 Å². The van der Waals surface area contributed by atoms with E-state index >= 15 is 0 Å². The molecule has 2 fully saturated rings. The Kier molecular flexibility index (Phi) is 7.64. The molecule has 2 unspecified atom stereocenters. The summed E-state index contributed by atoms with van der Waals surface area (Å²) in [6.45, 7) is -0.337. The number of nitrogens with one attached hydrogen (secondary N) is 1. The number of nitrogens with zero attached hydrogens (tertiary/aromatic N) is 2. The molecule has 0 radical (unpaired) electrons. The maximum absolute atomic E-state index is 14.9. The van der Waals surface area contributed by atoms with Gasteiger partial charge in [0.25, 0.3) is 5.91 Å². The van der Waals surface area contributed by atoms with Gasteiger partial charge in [-0.1, -0.05) is 0 Å².